The van der Waals surface area contributed by atoms with Crippen LogP contribution in [-0.4, -0.2) is 28.9 Å². The lowest BCUT2D eigenvalue weighted by molar-refractivity contribution is 0.729. The van der Waals surface area contributed by atoms with E-state index in [0.29, 0.717) is 0 Å². The van der Waals surface area contributed by atoms with Crippen molar-refractivity contribution in [2.45, 2.75) is 39.2 Å². The van der Waals surface area contributed by atoms with E-state index in [1.165, 1.54) is 5.57 Å². The summed E-state index contributed by atoms with van der Waals surface area (Å²) in [5.41, 5.74) is 3.23. The molecule has 1 aromatic rings. The highest BCUT2D eigenvalue weighted by molar-refractivity contribution is 5.70. The molecule has 0 aliphatic carbocycles. The molecule has 1 aliphatic rings. The van der Waals surface area contributed by atoms with Crippen LogP contribution in [0.5, 0.6) is 0 Å². The lowest BCUT2D eigenvalue weighted by Gasteiger charge is -2.20. The molecule has 1 aliphatic heterocycles. The SMILES string of the molecule is C=NC(C)C1=CN=CC(c2cc(C)nc(C)n2)C1. The van der Waals surface area contributed by atoms with Gasteiger partial charge in [0.15, 0.2) is 0 Å². The highest BCUT2D eigenvalue weighted by Gasteiger charge is 2.19. The van der Waals surface area contributed by atoms with Gasteiger partial charge in [-0.1, -0.05) is 0 Å². The summed E-state index contributed by atoms with van der Waals surface area (Å²) in [4.78, 5) is 17.2. The number of aryl methyl sites for hydroxylation is 2. The summed E-state index contributed by atoms with van der Waals surface area (Å²) in [6.45, 7) is 9.54. The first-order chi connectivity index (χ1) is 8.60. The minimum absolute atomic E-state index is 0.119. The normalized spacial score (nSPS) is 20.4. The predicted molar refractivity (Wildman–Crippen MR) is 74.5 cm³/mol. The number of rotatable bonds is 3. The monoisotopic (exact) mass is 242 g/mol. The Hall–Kier alpha value is -1.84. The fraction of sp³-hybridized carbons (Fsp3) is 0.429. The fourth-order valence-electron chi connectivity index (χ4n) is 2.11. The first-order valence-corrected chi connectivity index (χ1v) is 6.10. The van der Waals surface area contributed by atoms with E-state index >= 15 is 0 Å². The molecule has 0 fully saturated rings. The summed E-state index contributed by atoms with van der Waals surface area (Å²) in [5, 5.41) is 0. The molecule has 0 radical (unpaired) electrons. The maximum absolute atomic E-state index is 4.50. The summed E-state index contributed by atoms with van der Waals surface area (Å²) in [5.74, 6) is 1.03. The van der Waals surface area contributed by atoms with Crippen LogP contribution in [0.15, 0.2) is 27.8 Å². The molecular weight excluding hydrogens is 224 g/mol. The van der Waals surface area contributed by atoms with Crippen LogP contribution in [0.4, 0.5) is 0 Å². The van der Waals surface area contributed by atoms with E-state index in [0.717, 1.165) is 23.6 Å². The Labute approximate surface area is 108 Å². The van der Waals surface area contributed by atoms with E-state index in [4.69, 9.17) is 0 Å². The van der Waals surface area contributed by atoms with Gasteiger partial charge in [0.25, 0.3) is 0 Å². The third-order valence-electron chi connectivity index (χ3n) is 3.14. The van der Waals surface area contributed by atoms with E-state index in [1.54, 1.807) is 0 Å². The average Bonchev–Trinajstić information content (AvgIpc) is 2.37. The maximum atomic E-state index is 4.50. The summed E-state index contributed by atoms with van der Waals surface area (Å²) in [6, 6.07) is 2.15. The molecule has 0 saturated carbocycles. The number of hydrogen-bond acceptors (Lipinski definition) is 4. The molecule has 0 spiro atoms. The first-order valence-electron chi connectivity index (χ1n) is 6.10. The third kappa shape index (κ3) is 2.70. The van der Waals surface area contributed by atoms with Crippen LogP contribution in [0.3, 0.4) is 0 Å². The number of nitrogens with zero attached hydrogens (tertiary/aromatic N) is 4. The maximum Gasteiger partial charge on any atom is 0.125 e. The zero-order valence-electron chi connectivity index (χ0n) is 11.1. The molecule has 4 heteroatoms. The Balaban J connectivity index is 2.24. The van der Waals surface area contributed by atoms with Gasteiger partial charge in [-0.3, -0.25) is 9.98 Å². The molecule has 18 heavy (non-hydrogen) atoms. The second-order valence-corrected chi connectivity index (χ2v) is 4.65. The van der Waals surface area contributed by atoms with Crippen LogP contribution in [0.25, 0.3) is 0 Å². The smallest absolute Gasteiger partial charge is 0.125 e. The van der Waals surface area contributed by atoms with E-state index in [1.807, 2.05) is 39.3 Å². The molecule has 4 nitrogen and oxygen atoms in total. The van der Waals surface area contributed by atoms with Crippen LogP contribution < -0.4 is 0 Å². The van der Waals surface area contributed by atoms with Crippen molar-refractivity contribution in [1.29, 1.82) is 0 Å². The van der Waals surface area contributed by atoms with Crippen molar-refractivity contribution >= 4 is 12.9 Å². The molecule has 2 atom stereocenters. The quantitative estimate of drug-likeness (QED) is 0.765. The van der Waals surface area contributed by atoms with Crippen molar-refractivity contribution in [2.24, 2.45) is 9.98 Å². The molecule has 2 rings (SSSR count). The second-order valence-electron chi connectivity index (χ2n) is 4.65. The van der Waals surface area contributed by atoms with Gasteiger partial charge in [-0.15, -0.1) is 0 Å². The first kappa shape index (κ1) is 12.6. The highest BCUT2D eigenvalue weighted by atomic mass is 14.9. The minimum atomic E-state index is 0.119. The van der Waals surface area contributed by atoms with Gasteiger partial charge in [-0.05, 0) is 45.5 Å². The molecule has 94 valence electrons. The van der Waals surface area contributed by atoms with Gasteiger partial charge in [0.2, 0.25) is 0 Å². The molecule has 2 unspecified atom stereocenters. The Morgan fingerprint density at radius 3 is 2.83 bits per heavy atom. The molecular formula is C14H18N4. The summed E-state index contributed by atoms with van der Waals surface area (Å²) >= 11 is 0. The number of aromatic nitrogens is 2. The molecule has 0 amide bonds. The average molecular weight is 242 g/mol. The molecule has 1 aromatic heterocycles. The molecule has 0 aromatic carbocycles. The van der Waals surface area contributed by atoms with Crippen molar-refractivity contribution < 1.29 is 0 Å². The highest BCUT2D eigenvalue weighted by Crippen LogP contribution is 2.27. The van der Waals surface area contributed by atoms with E-state index in [2.05, 4.69) is 26.7 Å². The molecule has 0 N–H and O–H groups in total. The minimum Gasteiger partial charge on any atom is -0.293 e. The van der Waals surface area contributed by atoms with Crippen LogP contribution in [0.2, 0.25) is 0 Å². The Kier molecular flexibility index (Phi) is 3.65. The van der Waals surface area contributed by atoms with Crippen LogP contribution in [0.1, 0.15) is 36.5 Å². The number of aliphatic imine (C=N–C) groups is 2. The van der Waals surface area contributed by atoms with E-state index in [9.17, 15) is 0 Å². The molecule has 0 bridgehead atoms. The van der Waals surface area contributed by atoms with Crippen molar-refractivity contribution in [3.05, 3.63) is 35.1 Å². The topological polar surface area (TPSA) is 50.5 Å². The zero-order valence-corrected chi connectivity index (χ0v) is 11.1. The zero-order chi connectivity index (χ0) is 13.1. The number of hydrogen-bond donors (Lipinski definition) is 0. The van der Waals surface area contributed by atoms with Gasteiger partial charge in [-0.25, -0.2) is 9.97 Å². The van der Waals surface area contributed by atoms with Crippen molar-refractivity contribution in [2.75, 3.05) is 0 Å². The fourth-order valence-corrected chi connectivity index (χ4v) is 2.11. The summed E-state index contributed by atoms with van der Waals surface area (Å²) < 4.78 is 0. The standard InChI is InChI=1S/C14H18N4/c1-9-5-14(18-11(3)17-9)13-6-12(7-16-8-13)10(2)15-4/h5,7-8,10,13H,4,6H2,1-3H3. The van der Waals surface area contributed by atoms with Gasteiger partial charge >= 0.3 is 0 Å². The van der Waals surface area contributed by atoms with Crippen LogP contribution >= 0.6 is 0 Å². The van der Waals surface area contributed by atoms with Crippen LogP contribution in [-0.2, 0) is 0 Å². The second kappa shape index (κ2) is 5.21. The van der Waals surface area contributed by atoms with Crippen molar-refractivity contribution in [3.8, 4) is 0 Å². The third-order valence-corrected chi connectivity index (χ3v) is 3.14. The Morgan fingerprint density at radius 1 is 1.39 bits per heavy atom. The van der Waals surface area contributed by atoms with Gasteiger partial charge in [0.1, 0.15) is 5.82 Å². The van der Waals surface area contributed by atoms with Gasteiger partial charge in [-0.2, -0.15) is 0 Å². The predicted octanol–water partition coefficient (Wildman–Crippen LogP) is 2.62. The summed E-state index contributed by atoms with van der Waals surface area (Å²) in [7, 11) is 0. The Bertz CT molecular complexity index is 496. The molecule has 2 heterocycles. The van der Waals surface area contributed by atoms with Gasteiger partial charge in [0, 0.05) is 24.0 Å². The molecule has 0 saturated heterocycles. The van der Waals surface area contributed by atoms with Gasteiger partial charge < -0.3 is 0 Å². The lowest BCUT2D eigenvalue weighted by Crippen LogP contribution is -2.14. The van der Waals surface area contributed by atoms with E-state index < -0.39 is 0 Å². The van der Waals surface area contributed by atoms with E-state index in [-0.39, 0.29) is 12.0 Å². The van der Waals surface area contributed by atoms with Crippen molar-refractivity contribution in [1.82, 2.24) is 9.97 Å². The lowest BCUT2D eigenvalue weighted by atomic mass is 9.92. The van der Waals surface area contributed by atoms with Crippen molar-refractivity contribution in [3.63, 3.8) is 0 Å². The van der Waals surface area contributed by atoms with Crippen LogP contribution in [0, 0.1) is 13.8 Å². The Morgan fingerprint density at radius 2 is 2.17 bits per heavy atom. The van der Waals surface area contributed by atoms with Gasteiger partial charge in [0.05, 0.1) is 11.7 Å². The summed E-state index contributed by atoms with van der Waals surface area (Å²) in [6.07, 6.45) is 4.73. The largest absolute Gasteiger partial charge is 0.293 e.